The number of aromatic nitrogens is 1. The van der Waals surface area contributed by atoms with E-state index < -0.39 is 22.0 Å². The Morgan fingerprint density at radius 3 is 2.58 bits per heavy atom. The molecule has 0 aliphatic rings. The van der Waals surface area contributed by atoms with Crippen LogP contribution in [-0.2, 0) is 21.2 Å². The van der Waals surface area contributed by atoms with Crippen molar-refractivity contribution in [3.05, 3.63) is 65.9 Å². The summed E-state index contributed by atoms with van der Waals surface area (Å²) in [4.78, 5) is 16.9. The van der Waals surface area contributed by atoms with Crippen molar-refractivity contribution in [1.82, 2.24) is 15.2 Å². The molecule has 0 amide bonds. The lowest BCUT2D eigenvalue weighted by Crippen LogP contribution is -2.49. The Balaban J connectivity index is 1.77. The first-order valence-corrected chi connectivity index (χ1v) is 9.47. The minimum Gasteiger partial charge on any atom is -0.480 e. The molecular weight excluding hydrogens is 354 g/mol. The summed E-state index contributed by atoms with van der Waals surface area (Å²) in [5, 5.41) is 10.4. The molecule has 4 N–H and O–H groups in total. The average molecular weight is 373 g/mol. The number of H-pyrrole nitrogens is 1. The Bertz CT molecular complexity index is 1040. The van der Waals surface area contributed by atoms with Crippen LogP contribution in [0.25, 0.3) is 10.9 Å². The average Bonchev–Trinajstić information content (AvgIpc) is 3.01. The van der Waals surface area contributed by atoms with Gasteiger partial charge < -0.3 is 10.1 Å². The van der Waals surface area contributed by atoms with Gasteiger partial charge in [-0.05, 0) is 30.2 Å². The highest BCUT2D eigenvalue weighted by atomic mass is 32.2. The molecule has 0 unspecified atom stereocenters. The molecule has 0 saturated carbocycles. The third kappa shape index (κ3) is 3.77. The maximum atomic E-state index is 12.4. The normalized spacial score (nSPS) is 13.0. The molecule has 0 fully saturated rings. The lowest BCUT2D eigenvalue weighted by Gasteiger charge is -2.16. The third-order valence-corrected chi connectivity index (χ3v) is 5.57. The Hall–Kier alpha value is -2.68. The number of carbonyl (C=O) groups is 1. The number of aliphatic carboxylic acids is 1. The first-order chi connectivity index (χ1) is 12.4. The molecule has 136 valence electrons. The predicted molar refractivity (Wildman–Crippen MR) is 98.1 cm³/mol. The number of carboxylic acids is 1. The fourth-order valence-electron chi connectivity index (χ4n) is 2.78. The maximum Gasteiger partial charge on any atom is 0.322 e. The van der Waals surface area contributed by atoms with E-state index in [0.717, 1.165) is 16.5 Å². The highest BCUT2D eigenvalue weighted by molar-refractivity contribution is 7.89. The summed E-state index contributed by atoms with van der Waals surface area (Å²) >= 11 is 0. The number of fused-ring (bicyclic) bond motifs is 1. The minimum absolute atomic E-state index is 0.101. The molecule has 3 aromatic rings. The lowest BCUT2D eigenvalue weighted by molar-refractivity contribution is -0.139. The fourth-order valence-corrected chi connectivity index (χ4v) is 3.94. The Morgan fingerprint density at radius 1 is 1.15 bits per heavy atom. The van der Waals surface area contributed by atoms with Gasteiger partial charge in [-0.2, -0.15) is 0 Å². The summed E-state index contributed by atoms with van der Waals surface area (Å²) < 4.78 is 24.8. The summed E-state index contributed by atoms with van der Waals surface area (Å²) in [6.45, 7) is 1.68. The van der Waals surface area contributed by atoms with Crippen LogP contribution >= 0.6 is 0 Å². The van der Waals surface area contributed by atoms with E-state index in [1.807, 2.05) is 24.3 Å². The molecule has 7 nitrogen and oxygen atoms in total. The van der Waals surface area contributed by atoms with Crippen molar-refractivity contribution >= 4 is 26.9 Å². The lowest BCUT2D eigenvalue weighted by atomic mass is 10.1. The van der Waals surface area contributed by atoms with E-state index in [1.54, 1.807) is 31.3 Å². The molecule has 1 heterocycles. The number of sulfonamides is 1. The maximum absolute atomic E-state index is 12.4. The zero-order valence-corrected chi connectivity index (χ0v) is 14.9. The number of hydrogen-bond donors (Lipinski definition) is 4. The number of hydrazine groups is 1. The zero-order valence-electron chi connectivity index (χ0n) is 14.1. The number of carboxylic acid groups (broad SMARTS) is 1. The quantitative estimate of drug-likeness (QED) is 0.473. The largest absolute Gasteiger partial charge is 0.480 e. The van der Waals surface area contributed by atoms with E-state index >= 15 is 0 Å². The molecule has 0 saturated heterocycles. The topological polar surface area (TPSA) is 111 Å². The van der Waals surface area contributed by atoms with E-state index in [-0.39, 0.29) is 11.3 Å². The number of hydrogen-bond acceptors (Lipinski definition) is 4. The van der Waals surface area contributed by atoms with Crippen LogP contribution < -0.4 is 10.3 Å². The number of aryl methyl sites for hydroxylation is 1. The van der Waals surface area contributed by atoms with Gasteiger partial charge in [0.05, 0.1) is 4.90 Å². The summed E-state index contributed by atoms with van der Waals surface area (Å²) in [5.41, 5.74) is 4.69. The smallest absolute Gasteiger partial charge is 0.322 e. The van der Waals surface area contributed by atoms with E-state index in [0.29, 0.717) is 5.56 Å². The van der Waals surface area contributed by atoms with Gasteiger partial charge in [-0.25, -0.2) is 13.8 Å². The van der Waals surface area contributed by atoms with Crippen LogP contribution in [0.15, 0.2) is 59.6 Å². The van der Waals surface area contributed by atoms with Crippen LogP contribution in [0, 0.1) is 6.92 Å². The second-order valence-corrected chi connectivity index (χ2v) is 7.62. The van der Waals surface area contributed by atoms with Crippen molar-refractivity contribution in [3.63, 3.8) is 0 Å². The summed E-state index contributed by atoms with van der Waals surface area (Å²) in [7, 11) is -3.87. The van der Waals surface area contributed by atoms with Crippen molar-refractivity contribution in [1.29, 1.82) is 0 Å². The second-order valence-electron chi connectivity index (χ2n) is 5.97. The second kappa shape index (κ2) is 7.28. The number of rotatable bonds is 7. The molecule has 2 aromatic carbocycles. The number of para-hydroxylation sites is 1. The van der Waals surface area contributed by atoms with Gasteiger partial charge in [0.15, 0.2) is 0 Å². The van der Waals surface area contributed by atoms with Crippen molar-refractivity contribution in [2.45, 2.75) is 24.3 Å². The van der Waals surface area contributed by atoms with Crippen LogP contribution in [0.1, 0.15) is 11.1 Å². The fraction of sp³-hybridized carbons (Fsp3) is 0.167. The molecule has 1 aromatic heterocycles. The Labute approximate surface area is 151 Å². The Morgan fingerprint density at radius 2 is 1.85 bits per heavy atom. The SMILES string of the molecule is Cc1ccccc1S(=O)(=O)NN[C@@H](Cc1c[nH]c2ccccc12)C(=O)O. The van der Waals surface area contributed by atoms with Crippen LogP contribution in [-0.4, -0.2) is 30.5 Å². The highest BCUT2D eigenvalue weighted by Crippen LogP contribution is 2.19. The molecule has 0 radical (unpaired) electrons. The van der Waals surface area contributed by atoms with Crippen LogP contribution in [0.5, 0.6) is 0 Å². The first kappa shape index (κ1) is 18.1. The van der Waals surface area contributed by atoms with Crippen LogP contribution in [0.3, 0.4) is 0 Å². The highest BCUT2D eigenvalue weighted by Gasteiger charge is 2.23. The molecule has 0 aliphatic heterocycles. The molecule has 1 atom stereocenters. The molecule has 3 rings (SSSR count). The van der Waals surface area contributed by atoms with Gasteiger partial charge in [0.2, 0.25) is 0 Å². The molecule has 8 heteroatoms. The van der Waals surface area contributed by atoms with Crippen molar-refractivity contribution in [3.8, 4) is 0 Å². The van der Waals surface area contributed by atoms with Gasteiger partial charge >= 0.3 is 5.97 Å². The molecular formula is C18H19N3O4S. The zero-order chi connectivity index (χ0) is 18.7. The molecule has 0 aliphatic carbocycles. The summed E-state index contributed by atoms with van der Waals surface area (Å²) in [6, 6.07) is 12.9. The third-order valence-electron chi connectivity index (χ3n) is 4.15. The van der Waals surface area contributed by atoms with E-state index in [2.05, 4.69) is 15.2 Å². The van der Waals surface area contributed by atoms with Gasteiger partial charge in [-0.15, -0.1) is 4.83 Å². The van der Waals surface area contributed by atoms with Crippen LogP contribution in [0.4, 0.5) is 0 Å². The summed E-state index contributed by atoms with van der Waals surface area (Å²) in [6.07, 6.45) is 1.85. The number of benzene rings is 2. The number of nitrogens with one attached hydrogen (secondary N) is 3. The monoisotopic (exact) mass is 373 g/mol. The van der Waals surface area contributed by atoms with Gasteiger partial charge in [0.25, 0.3) is 10.0 Å². The van der Waals surface area contributed by atoms with Gasteiger partial charge in [0, 0.05) is 23.5 Å². The predicted octanol–water partition coefficient (Wildman–Crippen LogP) is 1.96. The molecule has 26 heavy (non-hydrogen) atoms. The first-order valence-electron chi connectivity index (χ1n) is 7.99. The van der Waals surface area contributed by atoms with Gasteiger partial charge in [-0.3, -0.25) is 4.79 Å². The van der Waals surface area contributed by atoms with Gasteiger partial charge in [-0.1, -0.05) is 36.4 Å². The van der Waals surface area contributed by atoms with Gasteiger partial charge in [0.1, 0.15) is 6.04 Å². The van der Waals surface area contributed by atoms with Crippen molar-refractivity contribution in [2.24, 2.45) is 0 Å². The number of aromatic amines is 1. The van der Waals surface area contributed by atoms with E-state index in [4.69, 9.17) is 0 Å². The van der Waals surface area contributed by atoms with Crippen molar-refractivity contribution < 1.29 is 18.3 Å². The Kier molecular flexibility index (Phi) is 5.08. The minimum atomic E-state index is -3.87. The van der Waals surface area contributed by atoms with E-state index in [1.165, 1.54) is 6.07 Å². The van der Waals surface area contributed by atoms with E-state index in [9.17, 15) is 18.3 Å². The molecule has 0 bridgehead atoms. The standard InChI is InChI=1S/C18H19N3O4S/c1-12-6-2-5-9-17(12)26(24,25)21-20-16(18(22)23)10-13-11-19-15-8-4-3-7-14(13)15/h2-9,11,16,19-21H,10H2,1H3,(H,22,23)/t16-/m0/s1. The summed E-state index contributed by atoms with van der Waals surface area (Å²) in [5.74, 6) is -1.15. The molecule has 0 spiro atoms. The van der Waals surface area contributed by atoms with Crippen LogP contribution in [0.2, 0.25) is 0 Å². The van der Waals surface area contributed by atoms with Crippen molar-refractivity contribution in [2.75, 3.05) is 0 Å².